The third-order valence-corrected chi connectivity index (χ3v) is 4.17. The molecule has 0 heterocycles. The first-order chi connectivity index (χ1) is 6.84. The van der Waals surface area contributed by atoms with Gasteiger partial charge >= 0.3 is 5.97 Å². The zero-order valence-electron chi connectivity index (χ0n) is 8.38. The molecule has 15 heavy (non-hydrogen) atoms. The van der Waals surface area contributed by atoms with E-state index in [0.29, 0.717) is 0 Å². The first kappa shape index (κ1) is 12.4. The van der Waals surface area contributed by atoms with Crippen LogP contribution in [0.2, 0.25) is 0 Å². The highest BCUT2D eigenvalue weighted by Gasteiger charge is 2.32. The summed E-state index contributed by atoms with van der Waals surface area (Å²) < 4.78 is 24.7. The number of hydrogen-bond donors (Lipinski definition) is 3. The van der Waals surface area contributed by atoms with Crippen LogP contribution in [0.25, 0.3) is 0 Å². The monoisotopic (exact) mass is 237 g/mol. The van der Waals surface area contributed by atoms with E-state index in [9.17, 15) is 18.3 Å². The van der Waals surface area contributed by atoms with Crippen molar-refractivity contribution < 1.29 is 23.4 Å². The fourth-order valence-corrected chi connectivity index (χ4v) is 2.03. The number of hydrogen-bond acceptors (Lipinski definition) is 4. The Kier molecular flexibility index (Phi) is 3.69. The maximum atomic E-state index is 11.3. The van der Waals surface area contributed by atoms with E-state index in [1.807, 2.05) is 0 Å². The minimum atomic E-state index is -3.87. The van der Waals surface area contributed by atoms with E-state index in [4.69, 9.17) is 5.11 Å². The summed E-state index contributed by atoms with van der Waals surface area (Å²) >= 11 is 0. The predicted molar refractivity (Wildman–Crippen MR) is 52.8 cm³/mol. The average molecular weight is 237 g/mol. The van der Waals surface area contributed by atoms with E-state index in [1.54, 1.807) is 0 Å². The highest BCUT2D eigenvalue weighted by Crippen LogP contribution is 2.32. The Morgan fingerprint density at radius 2 is 2.07 bits per heavy atom. The Morgan fingerprint density at radius 3 is 2.47 bits per heavy atom. The van der Waals surface area contributed by atoms with Gasteiger partial charge in [-0.1, -0.05) is 0 Å². The number of sulfonamides is 1. The zero-order chi connectivity index (χ0) is 11.6. The van der Waals surface area contributed by atoms with E-state index >= 15 is 0 Å². The van der Waals surface area contributed by atoms with Crippen LogP contribution in [-0.4, -0.2) is 42.5 Å². The van der Waals surface area contributed by atoms with E-state index in [1.165, 1.54) is 0 Å². The summed E-state index contributed by atoms with van der Waals surface area (Å²) in [5.41, 5.74) is 0. The smallest absolute Gasteiger partial charge is 0.323 e. The van der Waals surface area contributed by atoms with Crippen molar-refractivity contribution in [3.8, 4) is 0 Å². The van der Waals surface area contributed by atoms with Gasteiger partial charge in [0, 0.05) is 6.54 Å². The molecule has 1 saturated carbocycles. The van der Waals surface area contributed by atoms with Gasteiger partial charge in [0.2, 0.25) is 10.0 Å². The molecule has 1 rings (SSSR count). The molecule has 0 aromatic rings. The number of carbonyl (C=O) groups is 1. The largest absolute Gasteiger partial charge is 0.480 e. The van der Waals surface area contributed by atoms with Gasteiger partial charge in [0.25, 0.3) is 0 Å². The van der Waals surface area contributed by atoms with Crippen molar-refractivity contribution >= 4 is 16.0 Å². The molecule has 0 saturated heterocycles. The molecular formula is C8H15NO5S. The molecule has 0 spiro atoms. The Hall–Kier alpha value is -0.660. The van der Waals surface area contributed by atoms with Gasteiger partial charge in [-0.25, -0.2) is 13.1 Å². The lowest BCUT2D eigenvalue weighted by molar-refractivity contribution is -0.136. The molecule has 6 nitrogen and oxygen atoms in total. The summed E-state index contributed by atoms with van der Waals surface area (Å²) in [4.78, 5) is 10.5. The fourth-order valence-electron chi connectivity index (χ4n) is 1.11. The number of aliphatic hydroxyl groups excluding tert-OH is 1. The lowest BCUT2D eigenvalue weighted by atomic mass is 10.2. The molecule has 7 heteroatoms. The van der Waals surface area contributed by atoms with Crippen molar-refractivity contribution in [2.75, 3.05) is 6.54 Å². The molecule has 0 bridgehead atoms. The molecular weight excluding hydrogens is 222 g/mol. The average Bonchev–Trinajstić information content (AvgIpc) is 2.96. The third-order valence-electron chi connectivity index (χ3n) is 2.47. The second-order valence-electron chi connectivity index (χ2n) is 3.78. The van der Waals surface area contributed by atoms with Gasteiger partial charge < -0.3 is 10.2 Å². The van der Waals surface area contributed by atoms with E-state index in [0.717, 1.165) is 19.8 Å². The molecule has 1 aliphatic rings. The van der Waals surface area contributed by atoms with Crippen LogP contribution in [0.1, 0.15) is 19.8 Å². The molecule has 2 unspecified atom stereocenters. The van der Waals surface area contributed by atoms with Crippen molar-refractivity contribution in [1.29, 1.82) is 0 Å². The number of rotatable bonds is 6. The molecule has 0 amide bonds. The normalized spacial score (nSPS) is 20.9. The molecule has 2 atom stereocenters. The van der Waals surface area contributed by atoms with Crippen LogP contribution in [0, 0.1) is 5.92 Å². The first-order valence-corrected chi connectivity index (χ1v) is 6.28. The number of carboxylic acid groups (broad SMARTS) is 1. The van der Waals surface area contributed by atoms with E-state index < -0.39 is 27.3 Å². The van der Waals surface area contributed by atoms with Crippen molar-refractivity contribution in [3.63, 3.8) is 0 Å². The minimum Gasteiger partial charge on any atom is -0.480 e. The fraction of sp³-hybridized carbons (Fsp3) is 0.875. The van der Waals surface area contributed by atoms with Gasteiger partial charge in [0.15, 0.2) is 5.25 Å². The van der Waals surface area contributed by atoms with Crippen molar-refractivity contribution in [2.45, 2.75) is 31.1 Å². The molecule has 0 aromatic carbocycles. The first-order valence-electron chi connectivity index (χ1n) is 4.74. The van der Waals surface area contributed by atoms with Gasteiger partial charge in [-0.15, -0.1) is 0 Å². The number of carboxylic acids is 1. The summed E-state index contributed by atoms with van der Waals surface area (Å²) in [6.07, 6.45) is 1.09. The highest BCUT2D eigenvalue weighted by atomic mass is 32.2. The summed E-state index contributed by atoms with van der Waals surface area (Å²) in [5.74, 6) is -1.24. The zero-order valence-corrected chi connectivity index (χ0v) is 9.20. The second kappa shape index (κ2) is 4.46. The van der Waals surface area contributed by atoms with Gasteiger partial charge in [0.1, 0.15) is 0 Å². The summed E-state index contributed by atoms with van der Waals surface area (Å²) in [6, 6.07) is 0. The standard InChI is InChI=1S/C8H15NO5S/c1-5(8(11)12)15(13,14)9-4-7(10)6-2-3-6/h5-7,9-10H,2-4H2,1H3,(H,11,12). The number of nitrogens with one attached hydrogen (secondary N) is 1. The van der Waals surface area contributed by atoms with Crippen LogP contribution in [-0.2, 0) is 14.8 Å². The van der Waals surface area contributed by atoms with Crippen LogP contribution >= 0.6 is 0 Å². The van der Waals surface area contributed by atoms with Crippen molar-refractivity contribution in [1.82, 2.24) is 4.72 Å². The maximum absolute atomic E-state index is 11.3. The van der Waals surface area contributed by atoms with Crippen LogP contribution < -0.4 is 4.72 Å². The van der Waals surface area contributed by atoms with Gasteiger partial charge in [-0.2, -0.15) is 0 Å². The van der Waals surface area contributed by atoms with Gasteiger partial charge in [-0.05, 0) is 25.7 Å². The Bertz CT molecular complexity index is 335. The lowest BCUT2D eigenvalue weighted by Crippen LogP contribution is -2.41. The molecule has 88 valence electrons. The second-order valence-corrected chi connectivity index (χ2v) is 5.86. The molecule has 0 aliphatic heterocycles. The number of aliphatic hydroxyl groups is 1. The maximum Gasteiger partial charge on any atom is 0.323 e. The highest BCUT2D eigenvalue weighted by molar-refractivity contribution is 7.90. The number of aliphatic carboxylic acids is 1. The van der Waals surface area contributed by atoms with Crippen LogP contribution in [0.4, 0.5) is 0 Å². The topological polar surface area (TPSA) is 104 Å². The quantitative estimate of drug-likeness (QED) is 0.558. The lowest BCUT2D eigenvalue weighted by Gasteiger charge is -2.13. The third kappa shape index (κ3) is 3.44. The summed E-state index contributed by atoms with van der Waals surface area (Å²) in [5, 5.41) is 16.4. The van der Waals surface area contributed by atoms with Crippen molar-refractivity contribution in [2.24, 2.45) is 5.92 Å². The van der Waals surface area contributed by atoms with Gasteiger partial charge in [0.05, 0.1) is 6.10 Å². The predicted octanol–water partition coefficient (Wildman–Crippen LogP) is -0.850. The van der Waals surface area contributed by atoms with E-state index in [-0.39, 0.29) is 12.5 Å². The van der Waals surface area contributed by atoms with E-state index in [2.05, 4.69) is 4.72 Å². The summed E-state index contributed by atoms with van der Waals surface area (Å²) in [7, 11) is -3.87. The van der Waals surface area contributed by atoms with Crippen LogP contribution in [0.3, 0.4) is 0 Å². The van der Waals surface area contributed by atoms with Crippen molar-refractivity contribution in [3.05, 3.63) is 0 Å². The molecule has 0 aromatic heterocycles. The molecule has 3 N–H and O–H groups in total. The Labute approximate surface area is 88.3 Å². The summed E-state index contributed by atoms with van der Waals surface area (Å²) in [6.45, 7) is 0.985. The van der Waals surface area contributed by atoms with Gasteiger partial charge in [-0.3, -0.25) is 4.79 Å². The van der Waals surface area contributed by atoms with Crippen LogP contribution in [0.5, 0.6) is 0 Å². The molecule has 1 aliphatic carbocycles. The Morgan fingerprint density at radius 1 is 1.53 bits per heavy atom. The molecule has 0 radical (unpaired) electrons. The SMILES string of the molecule is CC(C(=O)O)S(=O)(=O)NCC(O)C1CC1. The van der Waals surface area contributed by atoms with Crippen LogP contribution in [0.15, 0.2) is 0 Å². The Balaban J connectivity index is 2.45. The minimum absolute atomic E-state index is 0.107. The molecule has 1 fully saturated rings.